The Morgan fingerprint density at radius 3 is 2.05 bits per heavy atom. The number of ketones is 2. The van der Waals surface area contributed by atoms with E-state index in [1.165, 1.54) is 6.92 Å². The first-order valence-corrected chi connectivity index (χ1v) is 14.2. The van der Waals surface area contributed by atoms with Crippen LogP contribution in [-0.4, -0.2) is 47.9 Å². The van der Waals surface area contributed by atoms with Crippen molar-refractivity contribution in [3.8, 4) is 6.07 Å². The predicted octanol–water partition coefficient (Wildman–Crippen LogP) is 4.08. The van der Waals surface area contributed by atoms with Crippen molar-refractivity contribution in [2.24, 2.45) is 5.92 Å². The first-order valence-electron chi connectivity index (χ1n) is 14.2. The molecule has 0 aromatic heterocycles. The van der Waals surface area contributed by atoms with E-state index >= 15 is 0 Å². The largest absolute Gasteiger partial charge is 0.445 e. The Bertz CT molecular complexity index is 1460. The number of Topliss-reactive ketones (excluding diaryl/α,β-unsaturated/α-hetero) is 2. The average molecular weight is 582 g/mol. The van der Waals surface area contributed by atoms with Gasteiger partial charge in [-0.3, -0.25) is 14.4 Å². The van der Waals surface area contributed by atoms with E-state index in [9.17, 15) is 19.2 Å². The number of epoxide rings is 1. The van der Waals surface area contributed by atoms with Gasteiger partial charge < -0.3 is 20.1 Å². The van der Waals surface area contributed by atoms with E-state index in [1.807, 2.05) is 60.7 Å². The number of ether oxygens (including phenoxy) is 2. The molecule has 2 amide bonds. The van der Waals surface area contributed by atoms with Crippen LogP contribution in [0.15, 0.2) is 84.9 Å². The lowest BCUT2D eigenvalue weighted by atomic mass is 9.89. The molecule has 1 fully saturated rings. The maximum absolute atomic E-state index is 13.7. The SMILES string of the molecule is C[C@H](NC(=O)OCc1ccccc1)C(=O)C[C@@H](Cc1ccc(C#N)cc1)C(=O)N[C@@H](Cc1ccccc1)C(=O)C1(C)CO1. The number of hydrogen-bond donors (Lipinski definition) is 2. The lowest BCUT2D eigenvalue weighted by molar-refractivity contribution is -0.134. The van der Waals surface area contributed by atoms with Gasteiger partial charge in [0, 0.05) is 12.3 Å². The van der Waals surface area contributed by atoms with Crippen LogP contribution in [0.1, 0.15) is 42.5 Å². The number of carbonyl (C=O) groups excluding carboxylic acids is 4. The quantitative estimate of drug-likeness (QED) is 0.274. The third-order valence-corrected chi connectivity index (χ3v) is 7.43. The molecule has 1 saturated heterocycles. The fourth-order valence-electron chi connectivity index (χ4n) is 4.67. The van der Waals surface area contributed by atoms with Crippen LogP contribution in [0.5, 0.6) is 0 Å². The van der Waals surface area contributed by atoms with Crippen molar-refractivity contribution in [3.63, 3.8) is 0 Å². The van der Waals surface area contributed by atoms with Crippen molar-refractivity contribution in [2.75, 3.05) is 6.61 Å². The summed E-state index contributed by atoms with van der Waals surface area (Å²) < 4.78 is 10.6. The summed E-state index contributed by atoms with van der Waals surface area (Å²) in [5.41, 5.74) is 1.94. The summed E-state index contributed by atoms with van der Waals surface area (Å²) in [5.74, 6) is -1.91. The number of nitriles is 1. The minimum absolute atomic E-state index is 0.0524. The number of nitrogens with zero attached hydrogens (tertiary/aromatic N) is 1. The first-order chi connectivity index (χ1) is 20.7. The molecule has 1 aliphatic rings. The molecule has 43 heavy (non-hydrogen) atoms. The van der Waals surface area contributed by atoms with Crippen molar-refractivity contribution in [3.05, 3.63) is 107 Å². The van der Waals surface area contributed by atoms with E-state index in [2.05, 4.69) is 16.7 Å². The fourth-order valence-corrected chi connectivity index (χ4v) is 4.67. The maximum atomic E-state index is 13.7. The molecular weight excluding hydrogens is 546 g/mol. The molecule has 0 saturated carbocycles. The van der Waals surface area contributed by atoms with Gasteiger partial charge in [0.1, 0.15) is 12.2 Å². The molecule has 2 N–H and O–H groups in total. The molecule has 222 valence electrons. The minimum Gasteiger partial charge on any atom is -0.445 e. The van der Waals surface area contributed by atoms with Gasteiger partial charge in [0.2, 0.25) is 5.91 Å². The summed E-state index contributed by atoms with van der Waals surface area (Å²) in [7, 11) is 0. The Balaban J connectivity index is 1.46. The van der Waals surface area contributed by atoms with Gasteiger partial charge in [0.15, 0.2) is 11.6 Å². The van der Waals surface area contributed by atoms with Crippen LogP contribution in [0, 0.1) is 17.2 Å². The maximum Gasteiger partial charge on any atom is 0.408 e. The molecule has 3 aromatic carbocycles. The van der Waals surface area contributed by atoms with Crippen LogP contribution in [0.25, 0.3) is 0 Å². The third-order valence-electron chi connectivity index (χ3n) is 7.43. The summed E-state index contributed by atoms with van der Waals surface area (Å²) in [6.45, 7) is 3.57. The van der Waals surface area contributed by atoms with Gasteiger partial charge in [0.05, 0.1) is 30.3 Å². The zero-order valence-electron chi connectivity index (χ0n) is 24.2. The minimum atomic E-state index is -0.955. The predicted molar refractivity (Wildman–Crippen MR) is 159 cm³/mol. The molecule has 0 spiro atoms. The smallest absolute Gasteiger partial charge is 0.408 e. The van der Waals surface area contributed by atoms with Gasteiger partial charge >= 0.3 is 6.09 Å². The van der Waals surface area contributed by atoms with E-state index in [0.717, 1.165) is 16.7 Å². The summed E-state index contributed by atoms with van der Waals surface area (Å²) in [5, 5.41) is 14.6. The number of alkyl carbamates (subject to hydrolysis) is 1. The lowest BCUT2D eigenvalue weighted by Crippen LogP contribution is -2.50. The Labute approximate surface area is 251 Å². The van der Waals surface area contributed by atoms with E-state index in [4.69, 9.17) is 14.7 Å². The molecule has 1 aliphatic heterocycles. The molecule has 1 heterocycles. The second-order valence-corrected chi connectivity index (χ2v) is 10.9. The highest BCUT2D eigenvalue weighted by Gasteiger charge is 2.50. The summed E-state index contributed by atoms with van der Waals surface area (Å²) in [4.78, 5) is 52.7. The Hall–Kier alpha value is -4.81. The molecule has 9 heteroatoms. The molecule has 4 rings (SSSR count). The van der Waals surface area contributed by atoms with Crippen LogP contribution in [0.3, 0.4) is 0 Å². The molecule has 0 aliphatic carbocycles. The van der Waals surface area contributed by atoms with Gasteiger partial charge in [0.25, 0.3) is 0 Å². The van der Waals surface area contributed by atoms with Crippen LogP contribution in [0.2, 0.25) is 0 Å². The molecule has 4 atom stereocenters. The molecule has 0 radical (unpaired) electrons. The van der Waals surface area contributed by atoms with Crippen LogP contribution in [0.4, 0.5) is 4.79 Å². The number of benzene rings is 3. The monoisotopic (exact) mass is 581 g/mol. The Morgan fingerprint density at radius 2 is 1.47 bits per heavy atom. The number of nitrogens with one attached hydrogen (secondary N) is 2. The fraction of sp³-hybridized carbons (Fsp3) is 0.324. The highest BCUT2D eigenvalue weighted by Crippen LogP contribution is 2.29. The van der Waals surface area contributed by atoms with Crippen LogP contribution >= 0.6 is 0 Å². The summed E-state index contributed by atoms with van der Waals surface area (Å²) in [6, 6.07) is 25.6. The standard InChI is InChI=1S/C34H35N3O6/c1-23(36-33(41)42-21-27-11-7-4-8-12-27)30(38)19-28(17-25-13-15-26(20-35)16-14-25)32(40)37-29(31(39)34(2)22-43-34)18-24-9-5-3-6-10-24/h3-16,23,28-29H,17-19,21-22H2,1-2H3,(H,36,41)(H,37,40)/t23-,28+,29-,34?/m0/s1. The molecule has 1 unspecified atom stereocenters. The normalized spacial score (nSPS) is 17.4. The lowest BCUT2D eigenvalue weighted by Gasteiger charge is -2.24. The van der Waals surface area contributed by atoms with Gasteiger partial charge in [-0.15, -0.1) is 0 Å². The van der Waals surface area contributed by atoms with Gasteiger partial charge in [-0.2, -0.15) is 5.26 Å². The van der Waals surface area contributed by atoms with E-state index in [0.29, 0.717) is 5.56 Å². The molecule has 0 bridgehead atoms. The Kier molecular flexibility index (Phi) is 10.4. The van der Waals surface area contributed by atoms with Crippen molar-refractivity contribution < 1.29 is 28.7 Å². The van der Waals surface area contributed by atoms with E-state index in [-0.39, 0.29) is 44.0 Å². The first kappa shape index (κ1) is 31.1. The zero-order chi connectivity index (χ0) is 30.8. The topological polar surface area (TPSA) is 138 Å². The van der Waals surface area contributed by atoms with Crippen molar-refractivity contribution >= 4 is 23.6 Å². The number of rotatable bonds is 14. The number of hydrogen-bond acceptors (Lipinski definition) is 7. The second-order valence-electron chi connectivity index (χ2n) is 10.9. The van der Waals surface area contributed by atoms with Crippen LogP contribution in [-0.2, 0) is 43.3 Å². The van der Waals surface area contributed by atoms with Gasteiger partial charge in [-0.1, -0.05) is 72.8 Å². The highest BCUT2D eigenvalue weighted by molar-refractivity contribution is 5.98. The molecular formula is C34H35N3O6. The second kappa shape index (κ2) is 14.4. The third kappa shape index (κ3) is 9.09. The summed E-state index contributed by atoms with van der Waals surface area (Å²) in [6.07, 6.45) is -0.475. The molecule has 9 nitrogen and oxygen atoms in total. The van der Waals surface area contributed by atoms with Crippen molar-refractivity contribution in [1.82, 2.24) is 10.6 Å². The highest BCUT2D eigenvalue weighted by atomic mass is 16.6. The van der Waals surface area contributed by atoms with Crippen LogP contribution < -0.4 is 10.6 Å². The average Bonchev–Trinajstić information content (AvgIpc) is 3.78. The van der Waals surface area contributed by atoms with Gasteiger partial charge in [-0.25, -0.2) is 4.79 Å². The van der Waals surface area contributed by atoms with Gasteiger partial charge in [-0.05, 0) is 55.5 Å². The molecule has 3 aromatic rings. The van der Waals surface area contributed by atoms with E-state index < -0.39 is 35.6 Å². The van der Waals surface area contributed by atoms with Crippen molar-refractivity contribution in [2.45, 2.75) is 57.4 Å². The summed E-state index contributed by atoms with van der Waals surface area (Å²) >= 11 is 0. The number of carbonyl (C=O) groups is 4. The Morgan fingerprint density at radius 1 is 0.884 bits per heavy atom. The van der Waals surface area contributed by atoms with E-state index in [1.54, 1.807) is 31.2 Å². The van der Waals surface area contributed by atoms with Crippen molar-refractivity contribution in [1.29, 1.82) is 5.26 Å². The zero-order valence-corrected chi connectivity index (χ0v) is 24.2. The number of amides is 2.